The highest BCUT2D eigenvalue weighted by Crippen LogP contribution is 2.24. The summed E-state index contributed by atoms with van der Waals surface area (Å²) < 4.78 is 0. The van der Waals surface area contributed by atoms with Gasteiger partial charge in [-0.1, -0.05) is 27.7 Å². The molecule has 0 aliphatic rings. The number of carbonyl (C=O) groups is 1. The molecule has 1 atom stereocenters. The number of nitrogens with one attached hydrogen (secondary N) is 1. The second-order valence-electron chi connectivity index (χ2n) is 5.87. The van der Waals surface area contributed by atoms with Gasteiger partial charge in [-0.15, -0.1) is 0 Å². The number of carbonyl (C=O) groups excluding carboxylic acids is 1. The van der Waals surface area contributed by atoms with E-state index in [1.807, 2.05) is 0 Å². The quantitative estimate of drug-likeness (QED) is 0.719. The second-order valence-corrected chi connectivity index (χ2v) is 5.87. The molecule has 0 aromatic heterocycles. The van der Waals surface area contributed by atoms with Gasteiger partial charge in [-0.05, 0) is 29.5 Å². The highest BCUT2D eigenvalue weighted by atomic mass is 16.1. The molecule has 1 rings (SSSR count). The lowest BCUT2D eigenvalue weighted by atomic mass is 9.82. The molecule has 1 amide bonds. The van der Waals surface area contributed by atoms with Crippen LogP contribution in [0.3, 0.4) is 0 Å². The van der Waals surface area contributed by atoms with Crippen LogP contribution in [0.25, 0.3) is 0 Å². The molecule has 1 unspecified atom stereocenters. The first kappa shape index (κ1) is 14.4. The molecule has 0 aliphatic heterocycles. The standard InChI is InChI=1S/C14H23N3O/c1-9(14(2,3)4)8-17-13(18)10-5-11(15)7-12(16)6-10/h5-7,9H,8,15-16H2,1-4H3,(H,17,18). The minimum absolute atomic E-state index is 0.134. The Balaban J connectivity index is 2.66. The monoisotopic (exact) mass is 249 g/mol. The molecule has 0 saturated heterocycles. The van der Waals surface area contributed by atoms with Crippen molar-refractivity contribution in [1.82, 2.24) is 5.32 Å². The molecule has 5 N–H and O–H groups in total. The number of benzene rings is 1. The molecule has 0 spiro atoms. The van der Waals surface area contributed by atoms with Gasteiger partial charge in [0.2, 0.25) is 0 Å². The molecule has 1 aromatic carbocycles. The second kappa shape index (κ2) is 5.29. The maximum absolute atomic E-state index is 12.0. The van der Waals surface area contributed by atoms with Crippen LogP contribution in [-0.2, 0) is 0 Å². The summed E-state index contributed by atoms with van der Waals surface area (Å²) in [6.45, 7) is 9.22. The van der Waals surface area contributed by atoms with Crippen LogP contribution in [0.4, 0.5) is 11.4 Å². The zero-order valence-electron chi connectivity index (χ0n) is 11.6. The molecule has 1 aromatic rings. The first-order valence-corrected chi connectivity index (χ1v) is 6.14. The third kappa shape index (κ3) is 3.95. The largest absolute Gasteiger partial charge is 0.399 e. The van der Waals surface area contributed by atoms with Crippen LogP contribution in [0.15, 0.2) is 18.2 Å². The molecule has 0 radical (unpaired) electrons. The predicted octanol–water partition coefficient (Wildman–Crippen LogP) is 2.26. The van der Waals surface area contributed by atoms with E-state index in [-0.39, 0.29) is 11.3 Å². The summed E-state index contributed by atoms with van der Waals surface area (Å²) in [5, 5.41) is 2.91. The van der Waals surface area contributed by atoms with E-state index in [0.717, 1.165) is 0 Å². The number of amides is 1. The predicted molar refractivity (Wildman–Crippen MR) is 76.2 cm³/mol. The highest BCUT2D eigenvalue weighted by molar-refractivity contribution is 5.96. The van der Waals surface area contributed by atoms with E-state index in [0.29, 0.717) is 29.4 Å². The first-order chi connectivity index (χ1) is 8.20. The van der Waals surface area contributed by atoms with Crippen molar-refractivity contribution in [3.63, 3.8) is 0 Å². The summed E-state index contributed by atoms with van der Waals surface area (Å²) in [5.74, 6) is 0.255. The maximum atomic E-state index is 12.0. The van der Waals surface area contributed by atoms with Crippen molar-refractivity contribution in [2.24, 2.45) is 11.3 Å². The fourth-order valence-corrected chi connectivity index (χ4v) is 1.46. The Kier molecular flexibility index (Phi) is 4.22. The molecule has 4 nitrogen and oxygen atoms in total. The Labute approximate surface area is 109 Å². The third-order valence-corrected chi connectivity index (χ3v) is 3.29. The minimum Gasteiger partial charge on any atom is -0.399 e. The molecule has 0 heterocycles. The molecule has 0 bridgehead atoms. The Hall–Kier alpha value is -1.71. The van der Waals surface area contributed by atoms with Gasteiger partial charge in [0.25, 0.3) is 5.91 Å². The number of nitrogens with two attached hydrogens (primary N) is 2. The normalized spacial score (nSPS) is 13.1. The van der Waals surface area contributed by atoms with E-state index in [1.165, 1.54) is 0 Å². The first-order valence-electron chi connectivity index (χ1n) is 6.14. The average Bonchev–Trinajstić information content (AvgIpc) is 2.22. The Morgan fingerprint density at radius 2 is 1.72 bits per heavy atom. The Bertz CT molecular complexity index is 415. The van der Waals surface area contributed by atoms with E-state index in [4.69, 9.17) is 11.5 Å². The van der Waals surface area contributed by atoms with Gasteiger partial charge in [0.15, 0.2) is 0 Å². The van der Waals surface area contributed by atoms with E-state index in [2.05, 4.69) is 33.0 Å². The van der Waals surface area contributed by atoms with E-state index in [1.54, 1.807) is 18.2 Å². The highest BCUT2D eigenvalue weighted by Gasteiger charge is 2.20. The molecule has 4 heteroatoms. The molecular weight excluding hydrogens is 226 g/mol. The summed E-state index contributed by atoms with van der Waals surface area (Å²) in [4.78, 5) is 12.0. The van der Waals surface area contributed by atoms with Gasteiger partial charge >= 0.3 is 0 Å². The van der Waals surface area contributed by atoms with Crippen molar-refractivity contribution in [3.05, 3.63) is 23.8 Å². The molecule has 0 saturated carbocycles. The van der Waals surface area contributed by atoms with Crippen LogP contribution in [0.1, 0.15) is 38.1 Å². The summed E-state index contributed by atoms with van der Waals surface area (Å²) in [6.07, 6.45) is 0. The lowest BCUT2D eigenvalue weighted by molar-refractivity contribution is 0.0937. The van der Waals surface area contributed by atoms with Crippen molar-refractivity contribution in [1.29, 1.82) is 0 Å². The van der Waals surface area contributed by atoms with Crippen LogP contribution in [0, 0.1) is 11.3 Å². The molecule has 18 heavy (non-hydrogen) atoms. The molecule has 0 fully saturated rings. The third-order valence-electron chi connectivity index (χ3n) is 3.29. The zero-order valence-corrected chi connectivity index (χ0v) is 11.6. The topological polar surface area (TPSA) is 81.1 Å². The van der Waals surface area contributed by atoms with Crippen LogP contribution in [0.5, 0.6) is 0 Å². The fourth-order valence-electron chi connectivity index (χ4n) is 1.46. The minimum atomic E-state index is -0.134. The summed E-state index contributed by atoms with van der Waals surface area (Å²) in [6, 6.07) is 4.90. The average molecular weight is 249 g/mol. The number of nitrogen functional groups attached to an aromatic ring is 2. The maximum Gasteiger partial charge on any atom is 0.251 e. The van der Waals surface area contributed by atoms with E-state index >= 15 is 0 Å². The smallest absolute Gasteiger partial charge is 0.251 e. The lowest BCUT2D eigenvalue weighted by Crippen LogP contribution is -2.33. The van der Waals surface area contributed by atoms with Gasteiger partial charge in [0.1, 0.15) is 0 Å². The molecular formula is C14H23N3O. The van der Waals surface area contributed by atoms with Gasteiger partial charge in [-0.2, -0.15) is 0 Å². The van der Waals surface area contributed by atoms with E-state index < -0.39 is 0 Å². The van der Waals surface area contributed by atoms with Crippen molar-refractivity contribution < 1.29 is 4.79 Å². The van der Waals surface area contributed by atoms with Crippen molar-refractivity contribution >= 4 is 17.3 Å². The van der Waals surface area contributed by atoms with Gasteiger partial charge in [-0.25, -0.2) is 0 Å². The number of hydrogen-bond donors (Lipinski definition) is 3. The zero-order chi connectivity index (χ0) is 13.9. The summed E-state index contributed by atoms with van der Waals surface area (Å²) in [7, 11) is 0. The van der Waals surface area contributed by atoms with Gasteiger partial charge < -0.3 is 16.8 Å². The van der Waals surface area contributed by atoms with Crippen LogP contribution < -0.4 is 16.8 Å². The summed E-state index contributed by atoms with van der Waals surface area (Å²) >= 11 is 0. The van der Waals surface area contributed by atoms with Crippen molar-refractivity contribution in [2.75, 3.05) is 18.0 Å². The van der Waals surface area contributed by atoms with Gasteiger partial charge in [-0.3, -0.25) is 4.79 Å². The van der Waals surface area contributed by atoms with Gasteiger partial charge in [0.05, 0.1) is 0 Å². The number of hydrogen-bond acceptors (Lipinski definition) is 3. The lowest BCUT2D eigenvalue weighted by Gasteiger charge is -2.27. The van der Waals surface area contributed by atoms with Crippen molar-refractivity contribution in [3.8, 4) is 0 Å². The number of rotatable bonds is 3. The fraction of sp³-hybridized carbons (Fsp3) is 0.500. The molecule has 0 aliphatic carbocycles. The van der Waals surface area contributed by atoms with Crippen LogP contribution in [0.2, 0.25) is 0 Å². The SMILES string of the molecule is CC(CNC(=O)c1cc(N)cc(N)c1)C(C)(C)C. The summed E-state index contributed by atoms with van der Waals surface area (Å²) in [5.41, 5.74) is 13.0. The Morgan fingerprint density at radius 1 is 1.22 bits per heavy atom. The van der Waals surface area contributed by atoms with E-state index in [9.17, 15) is 4.79 Å². The number of anilines is 2. The van der Waals surface area contributed by atoms with Crippen LogP contribution >= 0.6 is 0 Å². The van der Waals surface area contributed by atoms with Crippen LogP contribution in [-0.4, -0.2) is 12.5 Å². The van der Waals surface area contributed by atoms with Gasteiger partial charge in [0, 0.05) is 23.5 Å². The van der Waals surface area contributed by atoms with Crippen molar-refractivity contribution in [2.45, 2.75) is 27.7 Å². The Morgan fingerprint density at radius 3 is 2.17 bits per heavy atom. The molecule has 100 valence electrons.